The summed E-state index contributed by atoms with van der Waals surface area (Å²) in [6.45, 7) is 7.40. The van der Waals surface area contributed by atoms with E-state index in [1.807, 2.05) is 32.9 Å². The monoisotopic (exact) mass is 513 g/mol. The van der Waals surface area contributed by atoms with Crippen LogP contribution in [0.1, 0.15) is 51.5 Å². The second-order valence-electron chi connectivity index (χ2n) is 10.1. The molecule has 0 bridgehead atoms. The number of benzene rings is 2. The molecule has 0 radical (unpaired) electrons. The number of halogens is 4. The van der Waals surface area contributed by atoms with Gasteiger partial charge in [0.25, 0.3) is 0 Å². The van der Waals surface area contributed by atoms with Crippen molar-refractivity contribution in [3.05, 3.63) is 54.1 Å². The van der Waals surface area contributed by atoms with E-state index in [4.69, 9.17) is 9.47 Å². The fraction of sp³-hybridized carbons (Fsp3) is 0.500. The number of ether oxygens (including phenoxy) is 3. The summed E-state index contributed by atoms with van der Waals surface area (Å²) in [6.07, 6.45) is -2.58. The molecular weight excluding hydrogens is 483 g/mol. The summed E-state index contributed by atoms with van der Waals surface area (Å²) in [6, 6.07) is 13.9. The number of hydrogen-bond acceptors (Lipinski definition) is 4. The van der Waals surface area contributed by atoms with Crippen LogP contribution in [0.15, 0.2) is 48.5 Å². The third kappa shape index (κ3) is 7.04. The van der Waals surface area contributed by atoms with E-state index in [0.717, 1.165) is 36.0 Å². The number of hydrogen-bond donors (Lipinski definition) is 0. The van der Waals surface area contributed by atoms with Crippen LogP contribution in [0.5, 0.6) is 5.75 Å². The Bertz CT molecular complexity index is 1010. The van der Waals surface area contributed by atoms with Gasteiger partial charge in [0.15, 0.2) is 0 Å². The Morgan fingerprint density at radius 1 is 1.03 bits per heavy atom. The van der Waals surface area contributed by atoms with Crippen molar-refractivity contribution in [1.82, 2.24) is 4.90 Å². The minimum Gasteiger partial charge on any atom is -0.444 e. The highest BCUT2D eigenvalue weighted by atomic mass is 35.5. The SMILES string of the molecule is CC(C)(C)OC(=O)N1CCC2(CC1)C[C@H](c1cccc(-c3ccc(OC(F)(F)F)cc3)c1)CO2.Cl. The van der Waals surface area contributed by atoms with Gasteiger partial charge in [-0.2, -0.15) is 0 Å². The quantitative estimate of drug-likeness (QED) is 0.445. The summed E-state index contributed by atoms with van der Waals surface area (Å²) in [4.78, 5) is 14.1. The number of carbonyl (C=O) groups is 1. The van der Waals surface area contributed by atoms with Gasteiger partial charge in [-0.15, -0.1) is 25.6 Å². The van der Waals surface area contributed by atoms with Gasteiger partial charge in [-0.1, -0.05) is 36.4 Å². The molecule has 192 valence electrons. The van der Waals surface area contributed by atoms with E-state index >= 15 is 0 Å². The summed E-state index contributed by atoms with van der Waals surface area (Å²) in [5, 5.41) is 0. The van der Waals surface area contributed by atoms with E-state index in [9.17, 15) is 18.0 Å². The van der Waals surface area contributed by atoms with E-state index in [1.54, 1.807) is 17.0 Å². The summed E-state index contributed by atoms with van der Waals surface area (Å²) in [5.74, 6) is -0.0166. The molecule has 2 aromatic rings. The molecule has 0 saturated carbocycles. The molecule has 2 heterocycles. The number of alkyl halides is 3. The molecule has 0 N–H and O–H groups in total. The Balaban J connectivity index is 0.00000342. The van der Waals surface area contributed by atoms with Gasteiger partial charge in [0, 0.05) is 19.0 Å². The molecule has 1 atom stereocenters. The van der Waals surface area contributed by atoms with Crippen LogP contribution < -0.4 is 4.74 Å². The number of rotatable bonds is 3. The van der Waals surface area contributed by atoms with Crippen LogP contribution in [-0.2, 0) is 9.47 Å². The van der Waals surface area contributed by atoms with E-state index in [-0.39, 0.29) is 35.8 Å². The van der Waals surface area contributed by atoms with Crippen LogP contribution in [-0.4, -0.2) is 48.3 Å². The molecule has 2 aromatic carbocycles. The molecular formula is C26H31ClF3NO4. The highest BCUT2D eigenvalue weighted by Crippen LogP contribution is 2.43. The average Bonchev–Trinajstić information content (AvgIpc) is 3.16. The van der Waals surface area contributed by atoms with Crippen molar-refractivity contribution < 1.29 is 32.2 Å². The summed E-state index contributed by atoms with van der Waals surface area (Å²) < 4.78 is 53.0. The molecule has 9 heteroatoms. The van der Waals surface area contributed by atoms with Crippen LogP contribution in [0.3, 0.4) is 0 Å². The van der Waals surface area contributed by atoms with E-state index in [0.29, 0.717) is 19.7 Å². The van der Waals surface area contributed by atoms with Gasteiger partial charge >= 0.3 is 12.5 Å². The zero-order valence-corrected chi connectivity index (χ0v) is 20.9. The van der Waals surface area contributed by atoms with Crippen LogP contribution >= 0.6 is 12.4 Å². The number of piperidine rings is 1. The summed E-state index contributed by atoms with van der Waals surface area (Å²) in [7, 11) is 0. The maximum atomic E-state index is 12.4. The van der Waals surface area contributed by atoms with Crippen LogP contribution in [0.4, 0.5) is 18.0 Å². The fourth-order valence-corrected chi connectivity index (χ4v) is 4.65. The maximum absolute atomic E-state index is 12.4. The predicted molar refractivity (Wildman–Crippen MR) is 129 cm³/mol. The lowest BCUT2D eigenvalue weighted by molar-refractivity contribution is -0.274. The lowest BCUT2D eigenvalue weighted by Gasteiger charge is -2.39. The number of likely N-dealkylation sites (tertiary alicyclic amines) is 1. The molecule has 0 aliphatic carbocycles. The lowest BCUT2D eigenvalue weighted by atomic mass is 9.83. The van der Waals surface area contributed by atoms with Crippen molar-refractivity contribution in [1.29, 1.82) is 0 Å². The minimum absolute atomic E-state index is 0. The van der Waals surface area contributed by atoms with Gasteiger partial charge < -0.3 is 19.1 Å². The summed E-state index contributed by atoms with van der Waals surface area (Å²) in [5.41, 5.74) is 2.13. The van der Waals surface area contributed by atoms with Gasteiger partial charge in [-0.05, 0) is 68.9 Å². The van der Waals surface area contributed by atoms with Crippen LogP contribution in [0, 0.1) is 0 Å². The third-order valence-electron chi connectivity index (χ3n) is 6.31. The molecule has 2 aliphatic heterocycles. The van der Waals surface area contributed by atoms with Crippen molar-refractivity contribution in [2.75, 3.05) is 19.7 Å². The molecule has 1 spiro atoms. The van der Waals surface area contributed by atoms with Gasteiger partial charge in [0.1, 0.15) is 11.4 Å². The van der Waals surface area contributed by atoms with Crippen molar-refractivity contribution in [3.8, 4) is 16.9 Å². The second-order valence-corrected chi connectivity index (χ2v) is 10.1. The molecule has 2 aliphatic rings. The fourth-order valence-electron chi connectivity index (χ4n) is 4.65. The molecule has 5 nitrogen and oxygen atoms in total. The normalized spacial score (nSPS) is 19.8. The first-order valence-corrected chi connectivity index (χ1v) is 11.5. The highest BCUT2D eigenvalue weighted by molar-refractivity contribution is 5.85. The average molecular weight is 514 g/mol. The van der Waals surface area contributed by atoms with E-state index in [2.05, 4.69) is 16.9 Å². The Morgan fingerprint density at radius 2 is 1.69 bits per heavy atom. The van der Waals surface area contributed by atoms with Gasteiger partial charge in [0.05, 0.1) is 12.2 Å². The predicted octanol–water partition coefficient (Wildman–Crippen LogP) is 6.95. The maximum Gasteiger partial charge on any atom is 0.573 e. The molecule has 2 saturated heterocycles. The van der Waals surface area contributed by atoms with Crippen molar-refractivity contribution in [3.63, 3.8) is 0 Å². The Labute approximate surface area is 209 Å². The van der Waals surface area contributed by atoms with Crippen LogP contribution in [0.25, 0.3) is 11.1 Å². The molecule has 2 fully saturated rings. The molecule has 0 unspecified atom stereocenters. The Kier molecular flexibility index (Phi) is 7.96. The zero-order chi connectivity index (χ0) is 24.6. The van der Waals surface area contributed by atoms with Crippen molar-refractivity contribution in [2.24, 2.45) is 0 Å². The smallest absolute Gasteiger partial charge is 0.444 e. The Morgan fingerprint density at radius 3 is 2.29 bits per heavy atom. The zero-order valence-electron chi connectivity index (χ0n) is 20.1. The van der Waals surface area contributed by atoms with Gasteiger partial charge in [-0.25, -0.2) is 4.79 Å². The standard InChI is InChI=1S/C26H30F3NO4.ClH/c1-24(2,3)34-23(31)30-13-11-25(12-14-30)16-21(17-32-25)20-6-4-5-19(15-20)18-7-9-22(10-8-18)33-26(27,28)29;/h4-10,15,21H,11-14,16-17H2,1-3H3;1H/t21-;/m0./s1. The number of amides is 1. The molecule has 1 amide bonds. The van der Waals surface area contributed by atoms with E-state index in [1.165, 1.54) is 12.1 Å². The number of nitrogens with zero attached hydrogens (tertiary/aromatic N) is 1. The van der Waals surface area contributed by atoms with E-state index < -0.39 is 12.0 Å². The summed E-state index contributed by atoms with van der Waals surface area (Å²) >= 11 is 0. The topological polar surface area (TPSA) is 48.0 Å². The van der Waals surface area contributed by atoms with Gasteiger partial charge in [-0.3, -0.25) is 0 Å². The van der Waals surface area contributed by atoms with Gasteiger partial charge in [0.2, 0.25) is 0 Å². The first-order chi connectivity index (χ1) is 15.9. The van der Waals surface area contributed by atoms with Crippen molar-refractivity contribution in [2.45, 2.75) is 63.5 Å². The minimum atomic E-state index is -4.71. The largest absolute Gasteiger partial charge is 0.573 e. The van der Waals surface area contributed by atoms with Crippen LogP contribution in [0.2, 0.25) is 0 Å². The first kappa shape index (κ1) is 27.1. The third-order valence-corrected chi connectivity index (χ3v) is 6.31. The van der Waals surface area contributed by atoms with Crippen molar-refractivity contribution >= 4 is 18.5 Å². The molecule has 0 aromatic heterocycles. The number of carbonyl (C=O) groups excluding carboxylic acids is 1. The molecule has 4 rings (SSSR count). The Hall–Kier alpha value is -2.45. The first-order valence-electron chi connectivity index (χ1n) is 11.5. The second kappa shape index (κ2) is 10.3. The highest BCUT2D eigenvalue weighted by Gasteiger charge is 2.44. The lowest BCUT2D eigenvalue weighted by Crippen LogP contribution is -2.47. The molecule has 35 heavy (non-hydrogen) atoms.